The molecule has 0 radical (unpaired) electrons. The summed E-state index contributed by atoms with van der Waals surface area (Å²) in [6.07, 6.45) is -122. The largest absolute Gasteiger partial charge is 0.479 e. The number of ether oxygens (including phenoxy) is 21. The van der Waals surface area contributed by atoms with Crippen molar-refractivity contribution in [2.45, 2.75) is 365 Å². The Bertz CT molecular complexity index is 4410. The summed E-state index contributed by atoms with van der Waals surface area (Å²) in [7, 11) is -11.8. The van der Waals surface area contributed by atoms with E-state index in [2.05, 4.69) is 25.5 Å². The third-order valence-electron chi connectivity index (χ3n) is 24.9. The van der Waals surface area contributed by atoms with Crippen LogP contribution in [-0.4, -0.2) is 607 Å². The van der Waals surface area contributed by atoms with Gasteiger partial charge in [0, 0.05) is 27.7 Å². The molecular weight excluding hydrogens is 2030 g/mol. The number of nitrogens with one attached hydrogen (secondary N) is 4. The predicted molar refractivity (Wildman–Crippen MR) is 431 cm³/mol. The molecule has 11 heterocycles. The van der Waals surface area contributed by atoms with Crippen molar-refractivity contribution < 1.29 is 311 Å². The van der Waals surface area contributed by atoms with Crippen LogP contribution in [-0.2, 0) is 157 Å². The number of hydrogen-bond donors (Lipinski definition) is 35. The maximum Gasteiger partial charge on any atom is 0.397 e. The smallest absolute Gasteiger partial charge is 0.397 e. The molecule has 4 amide bonds. The third kappa shape index (κ3) is 26.9. The topological polar surface area (TPSA) is 1060 Å². The van der Waals surface area contributed by atoms with Crippen LogP contribution in [0.25, 0.3) is 0 Å². The van der Waals surface area contributed by atoms with Crippen LogP contribution in [0.1, 0.15) is 27.7 Å². The van der Waals surface area contributed by atoms with E-state index in [-0.39, 0.29) is 0 Å². The second kappa shape index (κ2) is 50.5. The first-order chi connectivity index (χ1) is 67.6. The molecule has 0 bridgehead atoms. The fourth-order valence-electron chi connectivity index (χ4n) is 17.9. The lowest BCUT2D eigenvalue weighted by Crippen LogP contribution is -2.71. The first-order valence-corrected chi connectivity index (χ1v) is 46.7. The summed E-state index contributed by atoms with van der Waals surface area (Å²) in [6.45, 7) is -8.48. The van der Waals surface area contributed by atoms with Gasteiger partial charge in [-0.2, -0.15) is 16.8 Å². The summed E-state index contributed by atoms with van der Waals surface area (Å²) >= 11 is 0. The van der Waals surface area contributed by atoms with Gasteiger partial charge < -0.3 is 269 Å². The van der Waals surface area contributed by atoms with Gasteiger partial charge in [-0.05, 0) is 0 Å². The summed E-state index contributed by atoms with van der Waals surface area (Å²) in [6, 6.07) is -8.33. The minimum atomic E-state index is -6.08. The number of hydrogen-bond acceptors (Lipinski definition) is 60. The van der Waals surface area contributed by atoms with Gasteiger partial charge in [-0.1, -0.05) is 0 Å². The van der Waals surface area contributed by atoms with Gasteiger partial charge in [0.2, 0.25) is 23.6 Å². The van der Waals surface area contributed by atoms with Gasteiger partial charge in [-0.15, -0.1) is 0 Å². The van der Waals surface area contributed by atoms with Crippen LogP contribution < -0.4 is 21.3 Å². The molecule has 11 aliphatic heterocycles. The van der Waals surface area contributed by atoms with Gasteiger partial charge in [-0.3, -0.25) is 28.3 Å². The Morgan fingerprint density at radius 2 is 0.500 bits per heavy atom. The molecular formula is C74H120N4O64S2. The van der Waals surface area contributed by atoms with E-state index in [4.69, 9.17) is 104 Å². The highest BCUT2D eigenvalue weighted by Gasteiger charge is 2.64. The lowest BCUT2D eigenvalue weighted by atomic mass is 9.93. The molecule has 11 fully saturated rings. The lowest BCUT2D eigenvalue weighted by Gasteiger charge is -2.51. The van der Waals surface area contributed by atoms with E-state index in [1.54, 1.807) is 0 Å². The van der Waals surface area contributed by atoms with E-state index < -0.39 is 453 Å². The van der Waals surface area contributed by atoms with Crippen LogP contribution in [0.4, 0.5) is 0 Å². The molecule has 35 N–H and O–H groups in total. The van der Waals surface area contributed by atoms with Crippen molar-refractivity contribution in [1.29, 1.82) is 0 Å². The van der Waals surface area contributed by atoms with Crippen LogP contribution in [0, 0.1) is 0 Å². The lowest BCUT2D eigenvalue weighted by molar-refractivity contribution is -0.399. The fourth-order valence-corrected chi connectivity index (χ4v) is 18.9. The maximum atomic E-state index is 13.4. The Balaban J connectivity index is 0.928. The van der Waals surface area contributed by atoms with Gasteiger partial charge in [0.05, 0.1) is 59.5 Å². The molecule has 11 aliphatic rings. The monoisotopic (exact) mass is 2150 g/mol. The minimum Gasteiger partial charge on any atom is -0.479 e. The molecule has 0 unspecified atom stereocenters. The van der Waals surface area contributed by atoms with Crippen LogP contribution in [0.15, 0.2) is 0 Å². The van der Waals surface area contributed by atoms with E-state index in [0.29, 0.717) is 0 Å². The van der Waals surface area contributed by atoms with E-state index in [0.717, 1.165) is 27.7 Å². The summed E-state index contributed by atoms with van der Waals surface area (Å²) in [5.74, 6) is -8.22. The standard InChI is InChI=1S/C74H120N4O64S2/c1-14(87)75-27-36(96)49(22(9-83)121-64(27)113)130-65-28(76-15(2)88)37(97)52(23(10-84)126-65)133-71-47(107)55(35(95)26(129-71)13-120-73-60(41(101)31(91)18(5-79)124-73)139-66-29(77-16(3)89)38(98)50(24(11-85)127-66)131-69-45(105)53(32(92)19(6-80)122-69)134-68-43(103)40(100)42(102)58(137-68)62(109)110)136-74-61(57(142-144(117,118)119)34(94)21(8-82)125-74)140-67-30(78-17(4)90)39(99)51(25(12-86)128-67)132-70-46(106)54(33(93)20(7-81)123-70)135-72-48(108)56(141-143(114,115)116)44(104)59(138-72)63(111)112/h18-61,64-74,79-86,91-108,113H,5-13H2,1-4H3,(H,75,87)(H,76,88)(H,77,89)(H,78,90)(H,109,110)(H,111,112)(H,114,115,116)(H,117,118,119)/t18-,19-,20-,21-,22-,23-,24-,25-,26-,27-,28-,29-,30-,31-,32+,33+,34-,35-,36-,37-,38-,39-,40+,41+,42+,43-,44+,45-,46-,47+,48-,49-,50-,51-,52-,53+,54+,55+,56+,57+,58+,59+,60+,61+,64-,65+,66+,67+,68-,69+,70+,71+,72-,73+,74-/m1/s1. The van der Waals surface area contributed by atoms with Gasteiger partial charge in [0.15, 0.2) is 81.4 Å². The van der Waals surface area contributed by atoms with Crippen LogP contribution in [0.2, 0.25) is 0 Å². The first kappa shape index (κ1) is 119. The number of aliphatic carboxylic acids is 2. The summed E-state index contributed by atoms with van der Waals surface area (Å²) < 4.78 is 201. The van der Waals surface area contributed by atoms with Gasteiger partial charge >= 0.3 is 32.7 Å². The van der Waals surface area contributed by atoms with Crippen molar-refractivity contribution in [2.24, 2.45) is 0 Å². The highest BCUT2D eigenvalue weighted by molar-refractivity contribution is 7.81. The fraction of sp³-hybridized carbons (Fsp3) is 0.919. The van der Waals surface area contributed by atoms with Crippen LogP contribution in [0.5, 0.6) is 0 Å². The minimum absolute atomic E-state index is 0.751. The Morgan fingerprint density at radius 3 is 0.875 bits per heavy atom. The van der Waals surface area contributed by atoms with E-state index in [1.807, 2.05) is 0 Å². The van der Waals surface area contributed by atoms with Crippen molar-refractivity contribution in [3.8, 4) is 0 Å². The molecule has 0 aliphatic carbocycles. The molecule has 68 nitrogen and oxygen atoms in total. The molecule has 0 spiro atoms. The van der Waals surface area contributed by atoms with Crippen molar-refractivity contribution >= 4 is 56.4 Å². The van der Waals surface area contributed by atoms with Crippen molar-refractivity contribution in [1.82, 2.24) is 21.3 Å². The molecule has 0 aromatic heterocycles. The zero-order valence-corrected chi connectivity index (χ0v) is 76.9. The van der Waals surface area contributed by atoms with E-state index in [9.17, 15) is 203 Å². The van der Waals surface area contributed by atoms with E-state index >= 15 is 0 Å². The second-order valence-corrected chi connectivity index (χ2v) is 36.9. The normalized spacial score (nSPS) is 47.3. The molecule has 0 aromatic carbocycles. The van der Waals surface area contributed by atoms with Gasteiger partial charge in [-0.25, -0.2) is 18.0 Å². The number of carboxylic acids is 2. The molecule has 144 heavy (non-hydrogen) atoms. The predicted octanol–water partition coefficient (Wildman–Crippen LogP) is -24.6. The molecule has 832 valence electrons. The Morgan fingerprint density at radius 1 is 0.236 bits per heavy atom. The Kier molecular flexibility index (Phi) is 41.7. The van der Waals surface area contributed by atoms with E-state index in [1.165, 1.54) is 0 Å². The number of aliphatic hydroxyl groups is 27. The van der Waals surface area contributed by atoms with Crippen LogP contribution >= 0.6 is 0 Å². The SMILES string of the molecule is CC(=O)N[C@@H]1[C@@H](O)[C@H](O[C@@H]2O[C@H](CO)[C@@H](O[C@@H]3O[C@H](CO[C@H]4O[C@H](CO)[C@@H](O)[C@H](O)[C@@H]4O[C@@H]4O[C@H](CO)[C@@H](O[C@@H]5O[C@H](CO)[C@H](O)[C@H](O[C@@H]6O[C@H](C(=O)O)[C@@H](O)[C@H](O)[C@H]6O)[C@H]5O)[C@H](O)[C@H]4NC(C)=O)[C@@H](O)[C@H](O[C@H]4O[C@H](CO)[C@@H](O)[C@H](OS(=O)(=O)O)[C@@H]4O[C@@H]4O[C@H](CO)[C@@H](O[C@@H]5O[C@H](CO)[C@H](O)[C@H](O[C@@H]6O[C@H](C(=O)O)[C@@H](O)[C@H](OS(=O)(=O)O)[C@H]6O)[C@H]5O)[C@H](O)[C@H]4NC(C)=O)[C@@H]3O)[C@H](O)[C@H]2NC(C)=O)[C@@H](CO)O[C@H]1O. The average Bonchev–Trinajstić information content (AvgIpc) is 0.752. The Labute approximate surface area is 810 Å². The van der Waals surface area contributed by atoms with Crippen molar-refractivity contribution in [3.05, 3.63) is 0 Å². The highest BCUT2D eigenvalue weighted by Crippen LogP contribution is 2.43. The zero-order chi connectivity index (χ0) is 107. The molecule has 11 saturated heterocycles. The number of carbonyl (C=O) groups is 6. The Hall–Kier alpha value is -5.36. The quantitative estimate of drug-likeness (QED) is 0.0254. The number of amides is 4. The molecule has 70 heteroatoms. The third-order valence-corrected chi connectivity index (χ3v) is 25.9. The zero-order valence-electron chi connectivity index (χ0n) is 75.3. The second-order valence-electron chi connectivity index (χ2n) is 34.8. The molecule has 55 atom stereocenters. The molecule has 11 rings (SSSR count). The number of carboxylic acid groups (broad SMARTS) is 2. The van der Waals surface area contributed by atoms with Gasteiger partial charge in [0.1, 0.15) is 256 Å². The molecule has 0 saturated carbocycles. The van der Waals surface area contributed by atoms with Gasteiger partial charge in [0.25, 0.3) is 0 Å². The summed E-state index contributed by atoms with van der Waals surface area (Å²) in [5, 5.41) is 335. The van der Waals surface area contributed by atoms with Crippen molar-refractivity contribution in [2.75, 3.05) is 59.5 Å². The summed E-state index contributed by atoms with van der Waals surface area (Å²) in [4.78, 5) is 76.1. The first-order valence-electron chi connectivity index (χ1n) is 44.0. The average molecular weight is 2150 g/mol. The summed E-state index contributed by atoms with van der Waals surface area (Å²) in [5.41, 5.74) is 0. The van der Waals surface area contributed by atoms with Crippen LogP contribution in [0.3, 0.4) is 0 Å². The number of rotatable bonds is 39. The highest BCUT2D eigenvalue weighted by atomic mass is 32.3. The number of aliphatic hydroxyl groups excluding tert-OH is 27. The number of carbonyl (C=O) groups excluding carboxylic acids is 4. The molecule has 0 aromatic rings. The van der Waals surface area contributed by atoms with Crippen molar-refractivity contribution in [3.63, 3.8) is 0 Å². The maximum absolute atomic E-state index is 13.4.